The molecule has 0 saturated heterocycles. The monoisotopic (exact) mass is 172 g/mol. The van der Waals surface area contributed by atoms with Gasteiger partial charge < -0.3 is 4.74 Å². The number of carbonyl (C=O) groups excluding carboxylic acids is 1. The molecule has 3 heteroatoms. The van der Waals surface area contributed by atoms with Crippen molar-refractivity contribution in [1.29, 1.82) is 0 Å². The van der Waals surface area contributed by atoms with Gasteiger partial charge in [0.1, 0.15) is 6.10 Å². The minimum Gasteiger partial charge on any atom is -0.497 e. The van der Waals surface area contributed by atoms with Gasteiger partial charge in [-0.3, -0.25) is 4.79 Å². The lowest BCUT2D eigenvalue weighted by molar-refractivity contribution is -0.118. The topological polar surface area (TPSA) is 26.3 Å². The van der Waals surface area contributed by atoms with Crippen LogP contribution in [0.4, 0.5) is 0 Å². The zero-order valence-corrected chi connectivity index (χ0v) is 7.39. The normalized spacial score (nSPS) is 23.4. The fourth-order valence-corrected chi connectivity index (χ4v) is 1.48. The van der Waals surface area contributed by atoms with Gasteiger partial charge in [-0.25, -0.2) is 0 Å². The van der Waals surface area contributed by atoms with E-state index in [4.69, 9.17) is 4.74 Å². The molecule has 1 atom stereocenters. The van der Waals surface area contributed by atoms with Crippen molar-refractivity contribution in [3.8, 4) is 0 Å². The van der Waals surface area contributed by atoms with Crippen molar-refractivity contribution in [3.05, 3.63) is 12.3 Å². The first-order valence-electron chi connectivity index (χ1n) is 3.66. The molecule has 0 aromatic heterocycles. The molecule has 0 spiro atoms. The van der Waals surface area contributed by atoms with Crippen molar-refractivity contribution < 1.29 is 9.53 Å². The van der Waals surface area contributed by atoms with Crippen LogP contribution in [0.25, 0.3) is 0 Å². The first-order chi connectivity index (χ1) is 5.33. The summed E-state index contributed by atoms with van der Waals surface area (Å²) < 4.78 is 5.24. The first-order valence-corrected chi connectivity index (χ1v) is 5.06. The SMILES string of the molecule is CSCCC1CC(=O)C=CO1. The van der Waals surface area contributed by atoms with Gasteiger partial charge in [0.25, 0.3) is 0 Å². The van der Waals surface area contributed by atoms with Crippen LogP contribution in [0.3, 0.4) is 0 Å². The number of ketones is 1. The summed E-state index contributed by atoms with van der Waals surface area (Å²) in [5.41, 5.74) is 0. The molecule has 1 aliphatic rings. The molecule has 0 amide bonds. The fourth-order valence-electron chi connectivity index (χ4n) is 0.986. The summed E-state index contributed by atoms with van der Waals surface area (Å²) in [5.74, 6) is 1.24. The van der Waals surface area contributed by atoms with Gasteiger partial charge in [-0.15, -0.1) is 0 Å². The second-order valence-corrected chi connectivity index (χ2v) is 3.50. The molecule has 0 aliphatic carbocycles. The van der Waals surface area contributed by atoms with Crippen molar-refractivity contribution in [2.24, 2.45) is 0 Å². The van der Waals surface area contributed by atoms with Crippen LogP contribution in [0.1, 0.15) is 12.8 Å². The van der Waals surface area contributed by atoms with Crippen LogP contribution >= 0.6 is 11.8 Å². The zero-order chi connectivity index (χ0) is 8.10. The van der Waals surface area contributed by atoms with Crippen molar-refractivity contribution in [2.45, 2.75) is 18.9 Å². The highest BCUT2D eigenvalue weighted by molar-refractivity contribution is 7.98. The zero-order valence-electron chi connectivity index (χ0n) is 6.58. The van der Waals surface area contributed by atoms with E-state index in [1.807, 2.05) is 0 Å². The maximum atomic E-state index is 10.9. The third kappa shape index (κ3) is 2.97. The van der Waals surface area contributed by atoms with E-state index in [1.165, 1.54) is 12.3 Å². The number of hydrogen-bond donors (Lipinski definition) is 0. The van der Waals surface area contributed by atoms with Crippen LogP contribution in [0.2, 0.25) is 0 Å². The molecule has 0 N–H and O–H groups in total. The number of thioether (sulfide) groups is 1. The molecule has 1 aliphatic heterocycles. The van der Waals surface area contributed by atoms with E-state index in [0.717, 1.165) is 12.2 Å². The minimum atomic E-state index is 0.125. The van der Waals surface area contributed by atoms with Crippen molar-refractivity contribution in [1.82, 2.24) is 0 Å². The summed E-state index contributed by atoms with van der Waals surface area (Å²) in [6.45, 7) is 0. The molecule has 0 saturated carbocycles. The maximum Gasteiger partial charge on any atom is 0.162 e. The second-order valence-electron chi connectivity index (χ2n) is 2.51. The lowest BCUT2D eigenvalue weighted by Gasteiger charge is -2.17. The average Bonchev–Trinajstić information content (AvgIpc) is 2.01. The number of ether oxygens (including phenoxy) is 1. The molecule has 62 valence electrons. The van der Waals surface area contributed by atoms with Crippen molar-refractivity contribution in [3.63, 3.8) is 0 Å². The van der Waals surface area contributed by atoms with Crippen LogP contribution in [0, 0.1) is 0 Å². The summed E-state index contributed by atoms with van der Waals surface area (Å²) in [7, 11) is 0. The highest BCUT2D eigenvalue weighted by Crippen LogP contribution is 2.12. The van der Waals surface area contributed by atoms with E-state index in [9.17, 15) is 4.79 Å². The van der Waals surface area contributed by atoms with Gasteiger partial charge in [0.2, 0.25) is 0 Å². The van der Waals surface area contributed by atoms with Crippen molar-refractivity contribution in [2.75, 3.05) is 12.0 Å². The molecular formula is C8H12O2S. The molecule has 0 radical (unpaired) electrons. The van der Waals surface area contributed by atoms with E-state index in [-0.39, 0.29) is 11.9 Å². The molecule has 0 bridgehead atoms. The molecule has 0 aromatic rings. The van der Waals surface area contributed by atoms with Gasteiger partial charge in [0.15, 0.2) is 5.78 Å². The molecule has 11 heavy (non-hydrogen) atoms. The molecule has 0 aromatic carbocycles. The average molecular weight is 172 g/mol. The lowest BCUT2D eigenvalue weighted by atomic mass is 10.1. The highest BCUT2D eigenvalue weighted by atomic mass is 32.2. The summed E-state index contributed by atoms with van der Waals surface area (Å²) in [6, 6.07) is 0. The molecular weight excluding hydrogens is 160 g/mol. The number of hydrogen-bond acceptors (Lipinski definition) is 3. The minimum absolute atomic E-state index is 0.125. The van der Waals surface area contributed by atoms with Gasteiger partial charge in [0, 0.05) is 12.5 Å². The van der Waals surface area contributed by atoms with Crippen molar-refractivity contribution >= 4 is 17.5 Å². The smallest absolute Gasteiger partial charge is 0.162 e. The quantitative estimate of drug-likeness (QED) is 0.647. The number of rotatable bonds is 3. The van der Waals surface area contributed by atoms with E-state index in [0.29, 0.717) is 6.42 Å². The van der Waals surface area contributed by atoms with Gasteiger partial charge in [0.05, 0.1) is 6.26 Å². The van der Waals surface area contributed by atoms with E-state index < -0.39 is 0 Å². The van der Waals surface area contributed by atoms with Crippen LogP contribution in [-0.4, -0.2) is 23.9 Å². The number of allylic oxidation sites excluding steroid dienone is 1. The van der Waals surface area contributed by atoms with Crippen LogP contribution in [-0.2, 0) is 9.53 Å². The maximum absolute atomic E-state index is 10.9. The van der Waals surface area contributed by atoms with Crippen LogP contribution in [0.15, 0.2) is 12.3 Å². The summed E-state index contributed by atoms with van der Waals surface area (Å²) >= 11 is 1.78. The Kier molecular flexibility index (Phi) is 3.49. The Balaban J connectivity index is 2.26. The lowest BCUT2D eigenvalue weighted by Crippen LogP contribution is -2.19. The first kappa shape index (κ1) is 8.65. The van der Waals surface area contributed by atoms with E-state index in [1.54, 1.807) is 11.8 Å². The third-order valence-electron chi connectivity index (χ3n) is 1.60. The largest absolute Gasteiger partial charge is 0.497 e. The second kappa shape index (κ2) is 4.44. The predicted octanol–water partition coefficient (Wildman–Crippen LogP) is 1.61. The molecule has 1 heterocycles. The predicted molar refractivity (Wildman–Crippen MR) is 46.6 cm³/mol. The molecule has 1 rings (SSSR count). The standard InChI is InChI=1S/C8H12O2S/c1-11-5-3-8-6-7(9)2-4-10-8/h2,4,8H,3,5-6H2,1H3. The van der Waals surface area contributed by atoms with E-state index in [2.05, 4.69) is 6.26 Å². The highest BCUT2D eigenvalue weighted by Gasteiger charge is 2.15. The van der Waals surface area contributed by atoms with Gasteiger partial charge in [-0.05, 0) is 18.4 Å². The van der Waals surface area contributed by atoms with Gasteiger partial charge in [-0.1, -0.05) is 0 Å². The summed E-state index contributed by atoms with van der Waals surface area (Å²) in [5, 5.41) is 0. The number of carbonyl (C=O) groups is 1. The summed E-state index contributed by atoms with van der Waals surface area (Å²) in [6.07, 6.45) is 6.71. The Bertz CT molecular complexity index is 165. The third-order valence-corrected chi connectivity index (χ3v) is 2.24. The fraction of sp³-hybridized carbons (Fsp3) is 0.625. The Morgan fingerprint density at radius 3 is 3.27 bits per heavy atom. The molecule has 2 nitrogen and oxygen atoms in total. The van der Waals surface area contributed by atoms with Crippen LogP contribution in [0.5, 0.6) is 0 Å². The molecule has 0 fully saturated rings. The Hall–Kier alpha value is -0.440. The van der Waals surface area contributed by atoms with E-state index >= 15 is 0 Å². The van der Waals surface area contributed by atoms with Gasteiger partial charge >= 0.3 is 0 Å². The molecule has 1 unspecified atom stereocenters. The van der Waals surface area contributed by atoms with Crippen LogP contribution < -0.4 is 0 Å². The Morgan fingerprint density at radius 2 is 2.64 bits per heavy atom. The Labute approximate surface area is 71.0 Å². The summed E-state index contributed by atoms with van der Waals surface area (Å²) in [4.78, 5) is 10.9. The Morgan fingerprint density at radius 1 is 1.82 bits per heavy atom. The van der Waals surface area contributed by atoms with Gasteiger partial charge in [-0.2, -0.15) is 11.8 Å².